The molecule has 1 aromatic heterocycles. The molecule has 1 unspecified atom stereocenters. The minimum absolute atomic E-state index is 0.0377. The first kappa shape index (κ1) is 23.7. The van der Waals surface area contributed by atoms with Gasteiger partial charge >= 0.3 is 0 Å². The number of ketones is 1. The Bertz CT molecular complexity index is 1280. The molecule has 2 heterocycles. The van der Waals surface area contributed by atoms with E-state index in [-0.39, 0.29) is 5.78 Å². The summed E-state index contributed by atoms with van der Waals surface area (Å²) in [5.74, 6) is 0.579. The highest BCUT2D eigenvalue weighted by molar-refractivity contribution is 7.90. The molecule has 3 aromatic carbocycles. The van der Waals surface area contributed by atoms with Gasteiger partial charge in [-0.15, -0.1) is 0 Å². The van der Waals surface area contributed by atoms with Crippen LogP contribution in [0.4, 0.5) is 5.69 Å². The lowest BCUT2D eigenvalue weighted by atomic mass is 9.91. The Labute approximate surface area is 209 Å². The molecule has 1 aliphatic heterocycles. The zero-order valence-corrected chi connectivity index (χ0v) is 20.6. The number of carbonyl (C=O) groups is 1. The molecule has 1 atom stereocenters. The highest BCUT2D eigenvalue weighted by Gasteiger charge is 2.27. The lowest BCUT2D eigenvalue weighted by Gasteiger charge is -2.32. The Hall–Kier alpha value is -3.06. The maximum absolute atomic E-state index is 13.5. The zero-order valence-electron chi connectivity index (χ0n) is 19.8. The summed E-state index contributed by atoms with van der Waals surface area (Å²) in [4.78, 5) is 16.6. The normalized spacial score (nSPS) is 15.9. The number of aromatic nitrogens is 1. The van der Waals surface area contributed by atoms with Gasteiger partial charge in [-0.05, 0) is 80.2 Å². The van der Waals surface area contributed by atoms with E-state index in [1.165, 1.54) is 5.56 Å². The van der Waals surface area contributed by atoms with Crippen molar-refractivity contribution in [2.24, 2.45) is 5.92 Å². The largest absolute Gasteiger partial charge is 0.587 e. The van der Waals surface area contributed by atoms with Gasteiger partial charge in [0, 0.05) is 24.0 Å². The summed E-state index contributed by atoms with van der Waals surface area (Å²) < 4.78 is 15.2. The number of benzene rings is 3. The second-order valence-electron chi connectivity index (χ2n) is 9.37. The Kier molecular flexibility index (Phi) is 7.23. The average molecular weight is 486 g/mol. The number of carbonyl (C=O) groups excluding carboxylic acids is 1. The quantitative estimate of drug-likeness (QED) is 0.198. The van der Waals surface area contributed by atoms with Crippen LogP contribution in [0.1, 0.15) is 41.7 Å². The Balaban J connectivity index is 1.27. The summed E-state index contributed by atoms with van der Waals surface area (Å²) >= 11 is -1.51. The van der Waals surface area contributed by atoms with Crippen LogP contribution in [0.2, 0.25) is 0 Å². The second-order valence-corrected chi connectivity index (χ2v) is 10.7. The van der Waals surface area contributed by atoms with E-state index in [4.69, 9.17) is 5.73 Å². The molecular weight excluding hydrogens is 454 g/mol. The first-order chi connectivity index (χ1) is 17.1. The standard InChI is InChI=1S/C29H31N3O2S/c30-25-12-13-27-24(19-25)20-28(32(27)35(34)26-9-5-2-6-10-26)29(33)14-11-22-15-17-31(18-16-22)21-23-7-3-1-4-8-23/h1-10,12-13,19-20,22H,11,14-18,21,30H2. The van der Waals surface area contributed by atoms with Crippen molar-refractivity contribution in [3.63, 3.8) is 0 Å². The minimum Gasteiger partial charge on any atom is -0.587 e. The van der Waals surface area contributed by atoms with Gasteiger partial charge in [0.2, 0.25) is 0 Å². The fraction of sp³-hybridized carbons (Fsp3) is 0.276. The van der Waals surface area contributed by atoms with Crippen LogP contribution in [-0.2, 0) is 17.9 Å². The molecule has 0 radical (unpaired) electrons. The average Bonchev–Trinajstić information content (AvgIpc) is 3.27. The van der Waals surface area contributed by atoms with E-state index in [1.54, 1.807) is 10.0 Å². The van der Waals surface area contributed by atoms with E-state index in [1.807, 2.05) is 48.5 Å². The number of hydrogen-bond acceptors (Lipinski definition) is 4. The van der Waals surface area contributed by atoms with Crippen LogP contribution in [0.25, 0.3) is 10.9 Å². The monoisotopic (exact) mass is 485 g/mol. The Morgan fingerprint density at radius 1 is 0.943 bits per heavy atom. The van der Waals surface area contributed by atoms with Crippen molar-refractivity contribution < 1.29 is 9.35 Å². The van der Waals surface area contributed by atoms with E-state index >= 15 is 0 Å². The molecule has 1 fully saturated rings. The van der Waals surface area contributed by atoms with Gasteiger partial charge in [0.25, 0.3) is 0 Å². The number of hydrogen-bond donors (Lipinski definition) is 1. The molecule has 0 amide bonds. The first-order valence-corrected chi connectivity index (χ1v) is 13.4. The predicted octanol–water partition coefficient (Wildman–Crippen LogP) is 5.67. The van der Waals surface area contributed by atoms with E-state index in [0.29, 0.717) is 28.6 Å². The Morgan fingerprint density at radius 3 is 2.34 bits per heavy atom. The van der Waals surface area contributed by atoms with Gasteiger partial charge in [-0.1, -0.05) is 48.5 Å². The van der Waals surface area contributed by atoms with Crippen molar-refractivity contribution in [3.8, 4) is 0 Å². The van der Waals surface area contributed by atoms with Crippen molar-refractivity contribution >= 4 is 33.7 Å². The number of nitrogens with zero attached hydrogens (tertiary/aromatic N) is 2. The van der Waals surface area contributed by atoms with Crippen LogP contribution in [0.15, 0.2) is 89.8 Å². The number of rotatable bonds is 8. The van der Waals surface area contributed by atoms with Crippen LogP contribution in [-0.4, -0.2) is 32.3 Å². The molecule has 1 aliphatic rings. The molecule has 180 valence electrons. The molecule has 6 heteroatoms. The molecule has 0 spiro atoms. The lowest BCUT2D eigenvalue weighted by molar-refractivity contribution is 0.0956. The molecule has 0 saturated carbocycles. The molecule has 4 aromatic rings. The van der Waals surface area contributed by atoms with Crippen LogP contribution >= 0.6 is 0 Å². The number of Topliss-reactive ketones (excluding diaryl/α,β-unsaturated/α-hetero) is 1. The summed E-state index contributed by atoms with van der Waals surface area (Å²) in [6.07, 6.45) is 3.53. The number of piperidine rings is 1. The number of nitrogens with two attached hydrogens (primary N) is 1. The van der Waals surface area contributed by atoms with E-state index in [9.17, 15) is 9.35 Å². The lowest BCUT2D eigenvalue weighted by Crippen LogP contribution is -2.33. The number of likely N-dealkylation sites (tertiary alicyclic amines) is 1. The molecule has 0 bridgehead atoms. The van der Waals surface area contributed by atoms with E-state index in [0.717, 1.165) is 49.8 Å². The summed E-state index contributed by atoms with van der Waals surface area (Å²) in [5.41, 5.74) is 9.22. The SMILES string of the molecule is Nc1ccc2c(c1)cc(C(=O)CCC1CCN(Cc3ccccc3)CC1)n2[S+]([O-])c1ccccc1. The van der Waals surface area contributed by atoms with Crippen molar-refractivity contribution in [3.05, 3.63) is 96.2 Å². The third-order valence-electron chi connectivity index (χ3n) is 6.91. The van der Waals surface area contributed by atoms with Crippen LogP contribution < -0.4 is 5.73 Å². The minimum atomic E-state index is -1.51. The second kappa shape index (κ2) is 10.7. The van der Waals surface area contributed by atoms with Gasteiger partial charge in [0.05, 0.1) is 5.52 Å². The summed E-state index contributed by atoms with van der Waals surface area (Å²) in [7, 11) is 0. The van der Waals surface area contributed by atoms with Gasteiger partial charge < -0.3 is 10.3 Å². The predicted molar refractivity (Wildman–Crippen MR) is 143 cm³/mol. The fourth-order valence-corrected chi connectivity index (χ4v) is 6.24. The topological polar surface area (TPSA) is 74.3 Å². The van der Waals surface area contributed by atoms with Gasteiger partial charge in [-0.25, -0.2) is 0 Å². The molecule has 5 nitrogen and oxygen atoms in total. The highest BCUT2D eigenvalue weighted by atomic mass is 32.2. The first-order valence-electron chi connectivity index (χ1n) is 12.3. The molecule has 5 rings (SSSR count). The van der Waals surface area contributed by atoms with Crippen molar-refractivity contribution in [2.45, 2.75) is 37.1 Å². The van der Waals surface area contributed by atoms with Gasteiger partial charge in [0.1, 0.15) is 17.1 Å². The third kappa shape index (κ3) is 5.45. The molecule has 0 aliphatic carbocycles. The number of anilines is 1. The molecule has 35 heavy (non-hydrogen) atoms. The summed E-state index contributed by atoms with van der Waals surface area (Å²) in [6.45, 7) is 3.11. The smallest absolute Gasteiger partial charge is 0.183 e. The van der Waals surface area contributed by atoms with Crippen molar-refractivity contribution in [1.82, 2.24) is 8.87 Å². The fourth-order valence-electron chi connectivity index (χ4n) is 4.96. The van der Waals surface area contributed by atoms with Gasteiger partial charge in [-0.3, -0.25) is 9.69 Å². The number of fused-ring (bicyclic) bond motifs is 1. The van der Waals surface area contributed by atoms with Crippen LogP contribution in [0, 0.1) is 5.92 Å². The van der Waals surface area contributed by atoms with Crippen molar-refractivity contribution in [2.75, 3.05) is 18.8 Å². The third-order valence-corrected chi connectivity index (χ3v) is 8.31. The highest BCUT2D eigenvalue weighted by Crippen LogP contribution is 2.30. The van der Waals surface area contributed by atoms with E-state index in [2.05, 4.69) is 35.2 Å². The summed E-state index contributed by atoms with van der Waals surface area (Å²) in [5, 5.41) is 0.840. The van der Waals surface area contributed by atoms with Gasteiger partial charge in [0.15, 0.2) is 10.7 Å². The molecule has 2 N–H and O–H groups in total. The Morgan fingerprint density at radius 2 is 1.63 bits per heavy atom. The number of nitrogen functional groups attached to an aromatic ring is 1. The molecule has 1 saturated heterocycles. The van der Waals surface area contributed by atoms with Crippen molar-refractivity contribution in [1.29, 1.82) is 0 Å². The zero-order chi connectivity index (χ0) is 24.2. The van der Waals surface area contributed by atoms with E-state index < -0.39 is 11.4 Å². The van der Waals surface area contributed by atoms with Gasteiger partial charge in [-0.2, -0.15) is 3.97 Å². The maximum atomic E-state index is 13.5. The van der Waals surface area contributed by atoms with Crippen LogP contribution in [0.3, 0.4) is 0 Å². The summed E-state index contributed by atoms with van der Waals surface area (Å²) in [6, 6.07) is 27.2. The maximum Gasteiger partial charge on any atom is 0.183 e. The molecular formula is C29H31N3O2S. The van der Waals surface area contributed by atoms with Crippen LogP contribution in [0.5, 0.6) is 0 Å².